The molecule has 244 valence electrons. The van der Waals surface area contributed by atoms with Gasteiger partial charge >= 0.3 is 23.9 Å². The van der Waals surface area contributed by atoms with E-state index in [2.05, 4.69) is 0 Å². The average Bonchev–Trinajstić information content (AvgIpc) is 3.49. The highest BCUT2D eigenvalue weighted by Crippen LogP contribution is 2.52. The highest BCUT2D eigenvalue weighted by Gasteiger charge is 2.57. The van der Waals surface area contributed by atoms with Crippen molar-refractivity contribution in [2.24, 2.45) is 17.8 Å². The molecule has 0 unspecified atom stereocenters. The van der Waals surface area contributed by atoms with Crippen molar-refractivity contribution in [1.82, 2.24) is 0 Å². The lowest BCUT2D eigenvalue weighted by Gasteiger charge is -2.52. The van der Waals surface area contributed by atoms with E-state index in [4.69, 9.17) is 35.3 Å². The molecule has 0 saturated carbocycles. The molecule has 0 amide bonds. The summed E-state index contributed by atoms with van der Waals surface area (Å²) in [6.07, 6.45) is -1.62. The van der Waals surface area contributed by atoms with Crippen molar-refractivity contribution in [3.63, 3.8) is 0 Å². The number of hydrogen-bond acceptors (Lipinski definition) is 9. The molecule has 2 aromatic carbocycles. The van der Waals surface area contributed by atoms with E-state index in [1.54, 1.807) is 18.2 Å². The van der Waals surface area contributed by atoms with Gasteiger partial charge in [-0.15, -0.1) is 0 Å². The first-order valence-electron chi connectivity index (χ1n) is 14.6. The van der Waals surface area contributed by atoms with Gasteiger partial charge in [0.25, 0.3) is 0 Å². The lowest BCUT2D eigenvalue weighted by molar-refractivity contribution is -0.339. The summed E-state index contributed by atoms with van der Waals surface area (Å²) in [6, 6.07) is 12.4. The zero-order valence-electron chi connectivity index (χ0n) is 25.0. The predicted octanol–water partition coefficient (Wildman–Crippen LogP) is 4.13. The van der Waals surface area contributed by atoms with Gasteiger partial charge in [0.05, 0.1) is 32.2 Å². The quantitative estimate of drug-likeness (QED) is 0.250. The molecule has 2 aliphatic rings. The topological polar surface area (TPSA) is 175 Å². The number of carboxylic acid groups (broad SMARTS) is 3. The van der Waals surface area contributed by atoms with Crippen molar-refractivity contribution >= 4 is 35.5 Å². The summed E-state index contributed by atoms with van der Waals surface area (Å²) < 4.78 is 28.9. The molecule has 45 heavy (non-hydrogen) atoms. The molecule has 2 heterocycles. The second-order valence-electron chi connectivity index (χ2n) is 11.3. The summed E-state index contributed by atoms with van der Waals surface area (Å²) in [7, 11) is 1.30. The van der Waals surface area contributed by atoms with Gasteiger partial charge in [-0.1, -0.05) is 29.8 Å². The summed E-state index contributed by atoms with van der Waals surface area (Å²) in [5, 5.41) is 29.9. The van der Waals surface area contributed by atoms with Gasteiger partial charge in [-0.2, -0.15) is 0 Å². The summed E-state index contributed by atoms with van der Waals surface area (Å²) in [4.78, 5) is 47.9. The molecule has 13 heteroatoms. The van der Waals surface area contributed by atoms with E-state index in [0.29, 0.717) is 41.5 Å². The fourth-order valence-electron chi connectivity index (χ4n) is 6.30. The lowest BCUT2D eigenvalue weighted by atomic mass is 9.66. The van der Waals surface area contributed by atoms with Crippen LogP contribution in [0.2, 0.25) is 5.02 Å². The molecule has 0 aromatic heterocycles. The number of methoxy groups -OCH3 is 1. The normalized spacial score (nSPS) is 26.2. The van der Waals surface area contributed by atoms with Gasteiger partial charge in [0, 0.05) is 49.3 Å². The third kappa shape index (κ3) is 8.51. The molecule has 2 aliphatic heterocycles. The first kappa shape index (κ1) is 34.2. The van der Waals surface area contributed by atoms with E-state index >= 15 is 0 Å². The van der Waals surface area contributed by atoms with Gasteiger partial charge in [0.2, 0.25) is 0 Å². The van der Waals surface area contributed by atoms with Crippen LogP contribution in [0.5, 0.6) is 5.75 Å². The minimum atomic E-state index is -1.85. The Morgan fingerprint density at radius 2 is 1.62 bits per heavy atom. The summed E-state index contributed by atoms with van der Waals surface area (Å²) >= 11 is 6.62. The van der Waals surface area contributed by atoms with Gasteiger partial charge in [-0.05, 0) is 47.7 Å². The van der Waals surface area contributed by atoms with Crippen LogP contribution in [0.4, 0.5) is 0 Å². The van der Waals surface area contributed by atoms with E-state index < -0.39 is 79.4 Å². The maximum Gasteiger partial charge on any atom is 0.303 e. The fraction of sp³-hybridized carbons (Fsp3) is 0.500. The number of halogens is 1. The van der Waals surface area contributed by atoms with Crippen LogP contribution in [0.1, 0.15) is 49.3 Å². The number of carbonyl (C=O) groups excluding carboxylic acids is 1. The fourth-order valence-corrected chi connectivity index (χ4v) is 6.48. The highest BCUT2D eigenvalue weighted by atomic mass is 35.5. The van der Waals surface area contributed by atoms with Crippen LogP contribution in [0.3, 0.4) is 0 Å². The summed E-state index contributed by atoms with van der Waals surface area (Å²) in [5.41, 5.74) is 1.91. The number of rotatable bonds is 14. The molecule has 12 nitrogen and oxygen atoms in total. The SMILES string of the molecule is CO[C@@]1(c2ccc(Cl)c(Cc3ccc(O[C@H]4CCOC4)cc3)c2)O[C@H](COC(C)=O)[C@@H](CC(=O)O)[C@@H](CC(=O)O)[C@@H]1CC(=O)O. The lowest BCUT2D eigenvalue weighted by Crippen LogP contribution is -2.57. The van der Waals surface area contributed by atoms with Gasteiger partial charge in [-0.3, -0.25) is 19.2 Å². The summed E-state index contributed by atoms with van der Waals surface area (Å²) in [5.74, 6) is -8.74. The first-order valence-corrected chi connectivity index (χ1v) is 14.9. The Hall–Kier alpha value is -3.71. The number of ether oxygens (including phenoxy) is 5. The van der Waals surface area contributed by atoms with Gasteiger partial charge in [0.1, 0.15) is 18.5 Å². The van der Waals surface area contributed by atoms with Gasteiger partial charge in [0.15, 0.2) is 5.79 Å². The smallest absolute Gasteiger partial charge is 0.303 e. The van der Waals surface area contributed by atoms with E-state index in [-0.39, 0.29) is 6.10 Å². The standard InChI is InChI=1S/C32H37ClO12/c1-18(34)43-17-28-25(14-30(37)38)24(13-29(35)36)26(15-31(39)40)32(41-2,45-28)21-5-8-27(33)20(12-21)11-19-3-6-22(7-4-19)44-23-9-10-42-16-23/h3-8,12,23-26,28H,9-11,13-17H2,1-2H3,(H,35,36)(H,37,38)(H,39,40)/t23-,24+,25-,26-,28+,32-/m0/s1. The Morgan fingerprint density at radius 1 is 0.956 bits per heavy atom. The van der Waals surface area contributed by atoms with E-state index in [1.807, 2.05) is 24.3 Å². The Bertz CT molecular complexity index is 1370. The number of aliphatic carboxylic acids is 3. The predicted molar refractivity (Wildman–Crippen MR) is 158 cm³/mol. The van der Waals surface area contributed by atoms with Crippen LogP contribution < -0.4 is 4.74 Å². The van der Waals surface area contributed by atoms with Crippen LogP contribution in [0.25, 0.3) is 0 Å². The molecule has 2 fully saturated rings. The van der Waals surface area contributed by atoms with Crippen LogP contribution in [-0.2, 0) is 50.3 Å². The van der Waals surface area contributed by atoms with Crippen LogP contribution >= 0.6 is 11.6 Å². The number of hydrogen-bond donors (Lipinski definition) is 3. The second kappa shape index (κ2) is 15.0. The van der Waals surface area contributed by atoms with Crippen molar-refractivity contribution in [2.45, 2.75) is 57.0 Å². The van der Waals surface area contributed by atoms with Crippen molar-refractivity contribution in [2.75, 3.05) is 26.9 Å². The minimum Gasteiger partial charge on any atom is -0.488 e. The zero-order valence-corrected chi connectivity index (χ0v) is 25.7. The molecule has 0 spiro atoms. The molecule has 3 N–H and O–H groups in total. The van der Waals surface area contributed by atoms with Crippen molar-refractivity contribution in [1.29, 1.82) is 0 Å². The molecule has 0 aliphatic carbocycles. The zero-order chi connectivity index (χ0) is 32.7. The van der Waals surface area contributed by atoms with Gasteiger partial charge < -0.3 is 39.0 Å². The third-order valence-electron chi connectivity index (χ3n) is 8.28. The largest absolute Gasteiger partial charge is 0.488 e. The molecule has 4 rings (SSSR count). The Balaban J connectivity index is 1.74. The number of esters is 1. The average molecular weight is 649 g/mol. The molecule has 0 radical (unpaired) electrons. The minimum absolute atomic E-state index is 0.00572. The molecular formula is C32H37ClO12. The second-order valence-corrected chi connectivity index (χ2v) is 11.7. The Kier molecular flexibility index (Phi) is 11.4. The van der Waals surface area contributed by atoms with E-state index in [0.717, 1.165) is 12.0 Å². The molecular weight excluding hydrogens is 612 g/mol. The van der Waals surface area contributed by atoms with Crippen molar-refractivity contribution in [3.05, 3.63) is 64.2 Å². The number of benzene rings is 2. The third-order valence-corrected chi connectivity index (χ3v) is 8.65. The molecule has 0 bridgehead atoms. The molecule has 2 saturated heterocycles. The number of carbonyl (C=O) groups is 4. The van der Waals surface area contributed by atoms with Crippen molar-refractivity contribution < 1.29 is 58.2 Å². The summed E-state index contributed by atoms with van der Waals surface area (Å²) in [6.45, 7) is 1.99. The monoisotopic (exact) mass is 648 g/mol. The first-order chi connectivity index (χ1) is 21.4. The number of carboxylic acids is 3. The van der Waals surface area contributed by atoms with Crippen LogP contribution in [-0.4, -0.2) is 78.3 Å². The molecule has 2 aromatic rings. The molecule has 6 atom stereocenters. The van der Waals surface area contributed by atoms with Crippen LogP contribution in [0.15, 0.2) is 42.5 Å². The van der Waals surface area contributed by atoms with Gasteiger partial charge in [-0.25, -0.2) is 0 Å². The Labute approximate surface area is 265 Å². The van der Waals surface area contributed by atoms with Crippen LogP contribution in [0, 0.1) is 17.8 Å². The van der Waals surface area contributed by atoms with Crippen molar-refractivity contribution in [3.8, 4) is 5.75 Å². The Morgan fingerprint density at radius 3 is 2.20 bits per heavy atom. The van der Waals surface area contributed by atoms with E-state index in [1.165, 1.54) is 14.0 Å². The maximum absolute atomic E-state index is 12.2. The highest BCUT2D eigenvalue weighted by molar-refractivity contribution is 6.31. The van der Waals surface area contributed by atoms with E-state index in [9.17, 15) is 34.5 Å². The maximum atomic E-state index is 12.2.